The fraction of sp³-hybridized carbons (Fsp3) is 0.158. The van der Waals surface area contributed by atoms with Gasteiger partial charge in [-0.05, 0) is 47.1 Å². The van der Waals surface area contributed by atoms with Gasteiger partial charge in [-0.1, -0.05) is 0 Å². The molecule has 6 nitrogen and oxygen atoms in total. The number of hydrogen-bond acceptors (Lipinski definition) is 4. The summed E-state index contributed by atoms with van der Waals surface area (Å²) in [6.45, 7) is 1.51. The molecule has 28 heavy (non-hydrogen) atoms. The van der Waals surface area contributed by atoms with Crippen LogP contribution in [0.3, 0.4) is 0 Å². The quantitative estimate of drug-likeness (QED) is 0.606. The maximum atomic E-state index is 13.7. The highest BCUT2D eigenvalue weighted by Crippen LogP contribution is 2.24. The first-order valence-corrected chi connectivity index (χ1v) is 8.84. The Morgan fingerprint density at radius 1 is 1.25 bits per heavy atom. The third-order valence-electron chi connectivity index (χ3n) is 4.00. The van der Waals surface area contributed by atoms with Gasteiger partial charge in [0.15, 0.2) is 0 Å². The summed E-state index contributed by atoms with van der Waals surface area (Å²) in [5.41, 5.74) is 0.242. The second-order valence-electron chi connectivity index (χ2n) is 5.95. The van der Waals surface area contributed by atoms with Crippen molar-refractivity contribution >= 4 is 21.9 Å². The van der Waals surface area contributed by atoms with Crippen LogP contribution in [0.1, 0.15) is 27.6 Å². The predicted molar refractivity (Wildman–Crippen MR) is 98.6 cm³/mol. The molecule has 0 bridgehead atoms. The van der Waals surface area contributed by atoms with E-state index < -0.39 is 23.2 Å². The third kappa shape index (κ3) is 4.14. The van der Waals surface area contributed by atoms with Crippen LogP contribution < -0.4 is 10.3 Å². The van der Waals surface area contributed by atoms with E-state index in [-0.39, 0.29) is 34.7 Å². The minimum atomic E-state index is -1.20. The Labute approximate surface area is 166 Å². The molecule has 1 aromatic carbocycles. The summed E-state index contributed by atoms with van der Waals surface area (Å²) in [6.07, 6.45) is 0. The van der Waals surface area contributed by atoms with Gasteiger partial charge in [-0.15, -0.1) is 0 Å². The lowest BCUT2D eigenvalue weighted by molar-refractivity contribution is 0.0660. The molecule has 0 amide bonds. The summed E-state index contributed by atoms with van der Waals surface area (Å²) in [6, 6.07) is 7.50. The molecule has 1 N–H and O–H groups in total. The fourth-order valence-corrected chi connectivity index (χ4v) is 2.99. The van der Waals surface area contributed by atoms with E-state index in [4.69, 9.17) is 14.3 Å². The van der Waals surface area contributed by atoms with E-state index in [2.05, 4.69) is 15.9 Å². The lowest BCUT2D eigenvalue weighted by Crippen LogP contribution is -2.24. The summed E-state index contributed by atoms with van der Waals surface area (Å²) in [5.74, 6) is -2.35. The van der Waals surface area contributed by atoms with Gasteiger partial charge >= 0.3 is 5.97 Å². The van der Waals surface area contributed by atoms with Crippen molar-refractivity contribution in [3.63, 3.8) is 0 Å². The topological polar surface area (TPSA) is 81.7 Å². The van der Waals surface area contributed by atoms with Crippen LogP contribution in [0.15, 0.2) is 50.1 Å². The molecule has 0 aliphatic heterocycles. The number of carboxylic acids is 1. The van der Waals surface area contributed by atoms with E-state index in [0.29, 0.717) is 11.5 Å². The minimum Gasteiger partial charge on any atom is -0.487 e. The number of pyridine rings is 1. The molecule has 0 saturated carbocycles. The number of nitrogens with zero attached hydrogens (tertiary/aromatic N) is 1. The van der Waals surface area contributed by atoms with Crippen LogP contribution in [-0.2, 0) is 13.2 Å². The lowest BCUT2D eigenvalue weighted by atomic mass is 10.2. The molecule has 146 valence electrons. The molecule has 2 heterocycles. The largest absolute Gasteiger partial charge is 0.487 e. The van der Waals surface area contributed by atoms with Gasteiger partial charge in [0.1, 0.15) is 34.2 Å². The number of rotatable bonds is 6. The Kier molecular flexibility index (Phi) is 5.64. The van der Waals surface area contributed by atoms with Crippen LogP contribution in [0.4, 0.5) is 8.78 Å². The summed E-state index contributed by atoms with van der Waals surface area (Å²) >= 11 is 3.17. The Hall–Kier alpha value is -2.94. The van der Waals surface area contributed by atoms with E-state index >= 15 is 0 Å². The van der Waals surface area contributed by atoms with E-state index in [9.17, 15) is 18.4 Å². The van der Waals surface area contributed by atoms with Crippen LogP contribution in [0.25, 0.3) is 0 Å². The van der Waals surface area contributed by atoms with Gasteiger partial charge in [-0.3, -0.25) is 4.79 Å². The van der Waals surface area contributed by atoms with E-state index in [1.54, 1.807) is 13.0 Å². The summed E-state index contributed by atoms with van der Waals surface area (Å²) < 4.78 is 38.9. The molecule has 3 aromatic rings. The predicted octanol–water partition coefficient (Wildman–Crippen LogP) is 4.12. The number of carbonyl (C=O) groups is 1. The van der Waals surface area contributed by atoms with Gasteiger partial charge in [-0.2, -0.15) is 0 Å². The lowest BCUT2D eigenvalue weighted by Gasteiger charge is -2.14. The Morgan fingerprint density at radius 3 is 2.64 bits per heavy atom. The van der Waals surface area contributed by atoms with Crippen molar-refractivity contribution in [3.05, 3.63) is 85.6 Å². The standard InChI is InChI=1S/C19H14BrF2NO5/c1-10-6-16(27-9-11-2-3-12(21)7-14(11)22)17(20)18(24)23(10)8-13-4-5-15(28-13)19(25)26/h2-7H,8-9H2,1H3,(H,25,26). The van der Waals surface area contributed by atoms with Gasteiger partial charge in [0.05, 0.1) is 6.54 Å². The Bertz CT molecular complexity index is 1110. The number of benzene rings is 1. The SMILES string of the molecule is Cc1cc(OCc2ccc(F)cc2F)c(Br)c(=O)n1Cc1ccc(C(=O)O)o1. The summed E-state index contributed by atoms with van der Waals surface area (Å²) in [7, 11) is 0. The molecule has 0 fully saturated rings. The first-order valence-electron chi connectivity index (χ1n) is 8.05. The van der Waals surface area contributed by atoms with Crippen molar-refractivity contribution in [1.29, 1.82) is 0 Å². The zero-order chi connectivity index (χ0) is 20.4. The van der Waals surface area contributed by atoms with Gasteiger partial charge in [-0.25, -0.2) is 13.6 Å². The van der Waals surface area contributed by atoms with E-state index in [0.717, 1.165) is 12.1 Å². The fourth-order valence-electron chi connectivity index (χ4n) is 2.54. The molecule has 0 saturated heterocycles. The van der Waals surface area contributed by atoms with Crippen molar-refractivity contribution in [2.24, 2.45) is 0 Å². The maximum Gasteiger partial charge on any atom is 0.371 e. The normalized spacial score (nSPS) is 10.9. The van der Waals surface area contributed by atoms with Gasteiger partial charge in [0, 0.05) is 23.4 Å². The van der Waals surface area contributed by atoms with Crippen LogP contribution in [-0.4, -0.2) is 15.6 Å². The number of aromatic carboxylic acids is 1. The highest BCUT2D eigenvalue weighted by Gasteiger charge is 2.16. The summed E-state index contributed by atoms with van der Waals surface area (Å²) in [4.78, 5) is 23.5. The second kappa shape index (κ2) is 7.97. The summed E-state index contributed by atoms with van der Waals surface area (Å²) in [5, 5.41) is 8.91. The number of ether oxygens (including phenoxy) is 1. The molecule has 2 aromatic heterocycles. The van der Waals surface area contributed by atoms with Crippen molar-refractivity contribution in [1.82, 2.24) is 4.57 Å². The zero-order valence-electron chi connectivity index (χ0n) is 14.5. The number of hydrogen-bond donors (Lipinski definition) is 1. The molecule has 9 heteroatoms. The van der Waals surface area contributed by atoms with Crippen molar-refractivity contribution in [3.8, 4) is 5.75 Å². The molecule has 0 aliphatic rings. The van der Waals surface area contributed by atoms with Gasteiger partial charge in [0.25, 0.3) is 5.56 Å². The smallest absolute Gasteiger partial charge is 0.371 e. The molecule has 0 spiro atoms. The first-order chi connectivity index (χ1) is 13.3. The minimum absolute atomic E-state index is 0.0312. The number of aromatic nitrogens is 1. The van der Waals surface area contributed by atoms with Crippen LogP contribution in [0.2, 0.25) is 0 Å². The van der Waals surface area contributed by atoms with Crippen molar-refractivity contribution < 1.29 is 27.8 Å². The zero-order valence-corrected chi connectivity index (χ0v) is 16.1. The van der Waals surface area contributed by atoms with Crippen LogP contribution in [0, 0.1) is 18.6 Å². The number of carboxylic acid groups (broad SMARTS) is 1. The van der Waals surface area contributed by atoms with Gasteiger partial charge in [0.2, 0.25) is 5.76 Å². The van der Waals surface area contributed by atoms with E-state index in [1.807, 2.05) is 0 Å². The Balaban J connectivity index is 1.83. The Morgan fingerprint density at radius 2 is 2.00 bits per heavy atom. The monoisotopic (exact) mass is 453 g/mol. The second-order valence-corrected chi connectivity index (χ2v) is 6.74. The van der Waals surface area contributed by atoms with Gasteiger partial charge < -0.3 is 18.8 Å². The third-order valence-corrected chi connectivity index (χ3v) is 4.73. The van der Waals surface area contributed by atoms with E-state index in [1.165, 1.54) is 22.8 Å². The number of furan rings is 1. The number of aryl methyl sites for hydroxylation is 1. The highest BCUT2D eigenvalue weighted by atomic mass is 79.9. The molecule has 0 radical (unpaired) electrons. The highest BCUT2D eigenvalue weighted by molar-refractivity contribution is 9.10. The number of halogens is 3. The average Bonchev–Trinajstić information content (AvgIpc) is 3.11. The van der Waals surface area contributed by atoms with Crippen molar-refractivity contribution in [2.75, 3.05) is 0 Å². The van der Waals surface area contributed by atoms with Crippen LogP contribution >= 0.6 is 15.9 Å². The van der Waals surface area contributed by atoms with Crippen molar-refractivity contribution in [2.45, 2.75) is 20.1 Å². The van der Waals surface area contributed by atoms with Crippen LogP contribution in [0.5, 0.6) is 5.75 Å². The molecular weight excluding hydrogens is 440 g/mol. The first kappa shape index (κ1) is 19.8. The maximum absolute atomic E-state index is 13.7. The molecule has 0 unspecified atom stereocenters. The average molecular weight is 454 g/mol. The molecule has 0 atom stereocenters. The molecule has 3 rings (SSSR count). The molecular formula is C19H14BrF2NO5. The molecule has 0 aliphatic carbocycles.